The van der Waals surface area contributed by atoms with Gasteiger partial charge in [-0.25, -0.2) is 0 Å². The molecule has 0 saturated carbocycles. The number of benzene rings is 1. The molecule has 4 nitrogen and oxygen atoms in total. The van der Waals surface area contributed by atoms with E-state index in [9.17, 15) is 4.79 Å². The van der Waals surface area contributed by atoms with Crippen LogP contribution in [0.25, 0.3) is 0 Å². The number of rotatable bonds is 2. The van der Waals surface area contributed by atoms with Gasteiger partial charge >= 0.3 is 0 Å². The van der Waals surface area contributed by atoms with Crippen LogP contribution in [0.15, 0.2) is 24.3 Å². The molecule has 0 aromatic heterocycles. The van der Waals surface area contributed by atoms with Gasteiger partial charge < -0.3 is 15.0 Å². The lowest BCUT2D eigenvalue weighted by molar-refractivity contribution is -0.117. The quantitative estimate of drug-likeness (QED) is 0.810. The number of morpholine rings is 1. The molecule has 1 amide bonds. The van der Waals surface area contributed by atoms with Crippen molar-refractivity contribution in [3.8, 4) is 0 Å². The normalized spacial score (nSPS) is 23.9. The Bertz CT molecular complexity index is 427. The van der Waals surface area contributed by atoms with E-state index in [-0.39, 0.29) is 12.0 Å². The van der Waals surface area contributed by atoms with Crippen LogP contribution in [-0.4, -0.2) is 38.3 Å². The number of hydrogen-bond donors (Lipinski definition) is 1. The fourth-order valence-electron chi connectivity index (χ4n) is 2.46. The first-order valence-corrected chi connectivity index (χ1v) is 6.05. The second-order valence-corrected chi connectivity index (χ2v) is 4.51. The topological polar surface area (TPSA) is 41.6 Å². The first-order valence-electron chi connectivity index (χ1n) is 6.05. The van der Waals surface area contributed by atoms with Crippen molar-refractivity contribution in [1.29, 1.82) is 0 Å². The van der Waals surface area contributed by atoms with Crippen LogP contribution in [0, 0.1) is 0 Å². The van der Waals surface area contributed by atoms with E-state index in [4.69, 9.17) is 4.74 Å². The summed E-state index contributed by atoms with van der Waals surface area (Å²) in [6, 6.07) is 7.99. The minimum atomic E-state index is 0.110. The maximum Gasteiger partial charge on any atom is 0.231 e. The molecule has 4 heteroatoms. The Morgan fingerprint density at radius 3 is 3.12 bits per heavy atom. The lowest BCUT2D eigenvalue weighted by Crippen LogP contribution is -2.46. The average molecular weight is 232 g/mol. The highest BCUT2D eigenvalue weighted by molar-refractivity contribution is 6.01. The van der Waals surface area contributed by atoms with Crippen LogP contribution in [-0.2, 0) is 16.0 Å². The molecule has 3 rings (SSSR count). The maximum atomic E-state index is 12.0. The van der Waals surface area contributed by atoms with Gasteiger partial charge in [0.05, 0.1) is 25.7 Å². The minimum Gasteiger partial charge on any atom is -0.374 e. The second-order valence-electron chi connectivity index (χ2n) is 4.51. The molecule has 0 bridgehead atoms. The predicted octanol–water partition coefficient (Wildman–Crippen LogP) is 0.564. The highest BCUT2D eigenvalue weighted by atomic mass is 16.5. The number of fused-ring (bicyclic) bond motifs is 1. The van der Waals surface area contributed by atoms with E-state index in [1.54, 1.807) is 0 Å². The lowest BCUT2D eigenvalue weighted by atomic mass is 10.2. The Morgan fingerprint density at radius 2 is 2.29 bits per heavy atom. The third kappa shape index (κ3) is 2.06. The van der Waals surface area contributed by atoms with Crippen molar-refractivity contribution in [2.45, 2.75) is 12.5 Å². The van der Waals surface area contributed by atoms with Crippen LogP contribution in [0.5, 0.6) is 0 Å². The van der Waals surface area contributed by atoms with Crippen molar-refractivity contribution in [3.05, 3.63) is 29.8 Å². The molecule has 1 atom stereocenters. The highest BCUT2D eigenvalue weighted by Gasteiger charge is 2.29. The van der Waals surface area contributed by atoms with E-state index in [2.05, 4.69) is 5.32 Å². The summed E-state index contributed by atoms with van der Waals surface area (Å²) in [6.07, 6.45) is 0.634. The highest BCUT2D eigenvalue weighted by Crippen LogP contribution is 2.28. The molecule has 2 aliphatic heterocycles. The molecule has 1 fully saturated rings. The SMILES string of the molecule is O=C1Cc2ccccc2N1CC1CNCCO1. The molecule has 0 spiro atoms. The van der Waals surface area contributed by atoms with Gasteiger partial charge in [-0.15, -0.1) is 0 Å². The van der Waals surface area contributed by atoms with Gasteiger partial charge in [-0.2, -0.15) is 0 Å². The van der Waals surface area contributed by atoms with Crippen molar-refractivity contribution in [2.24, 2.45) is 0 Å². The fourth-order valence-corrected chi connectivity index (χ4v) is 2.46. The first-order chi connectivity index (χ1) is 8.34. The van der Waals surface area contributed by atoms with E-state index in [0.29, 0.717) is 13.0 Å². The van der Waals surface area contributed by atoms with E-state index < -0.39 is 0 Å². The molecule has 1 saturated heterocycles. The Labute approximate surface area is 101 Å². The molecule has 1 N–H and O–H groups in total. The molecule has 90 valence electrons. The van der Waals surface area contributed by atoms with Gasteiger partial charge in [-0.05, 0) is 11.6 Å². The lowest BCUT2D eigenvalue weighted by Gasteiger charge is -2.28. The molecule has 0 radical (unpaired) electrons. The van der Waals surface area contributed by atoms with Gasteiger partial charge in [0, 0.05) is 18.8 Å². The molecule has 2 heterocycles. The molecular weight excluding hydrogens is 216 g/mol. The number of amides is 1. The van der Waals surface area contributed by atoms with Crippen molar-refractivity contribution >= 4 is 11.6 Å². The zero-order valence-electron chi connectivity index (χ0n) is 9.69. The Balaban J connectivity index is 1.76. The number of carbonyl (C=O) groups excluding carboxylic acids is 1. The summed E-state index contributed by atoms with van der Waals surface area (Å²) in [7, 11) is 0. The molecule has 1 aromatic rings. The van der Waals surface area contributed by atoms with Crippen LogP contribution >= 0.6 is 0 Å². The predicted molar refractivity (Wildman–Crippen MR) is 65.1 cm³/mol. The second kappa shape index (κ2) is 4.47. The summed E-state index contributed by atoms with van der Waals surface area (Å²) in [5.41, 5.74) is 2.17. The van der Waals surface area contributed by atoms with Gasteiger partial charge in [0.2, 0.25) is 5.91 Å². The van der Waals surface area contributed by atoms with Crippen LogP contribution in [0.1, 0.15) is 5.56 Å². The molecule has 1 aromatic carbocycles. The number of carbonyl (C=O) groups is 1. The molecule has 17 heavy (non-hydrogen) atoms. The maximum absolute atomic E-state index is 12.0. The van der Waals surface area contributed by atoms with Crippen molar-refractivity contribution in [2.75, 3.05) is 31.1 Å². The van der Waals surface area contributed by atoms with E-state index in [1.807, 2.05) is 29.2 Å². The Morgan fingerprint density at radius 1 is 1.41 bits per heavy atom. The monoisotopic (exact) mass is 232 g/mol. The first kappa shape index (κ1) is 10.7. The van der Waals surface area contributed by atoms with Gasteiger partial charge in [-0.3, -0.25) is 4.79 Å². The largest absolute Gasteiger partial charge is 0.374 e. The summed E-state index contributed by atoms with van der Waals surface area (Å²) < 4.78 is 5.65. The van der Waals surface area contributed by atoms with Crippen molar-refractivity contribution in [1.82, 2.24) is 5.32 Å². The molecule has 2 aliphatic rings. The summed E-state index contributed by atoms with van der Waals surface area (Å²) in [5.74, 6) is 0.181. The van der Waals surface area contributed by atoms with E-state index in [1.165, 1.54) is 0 Å². The smallest absolute Gasteiger partial charge is 0.231 e. The summed E-state index contributed by atoms with van der Waals surface area (Å²) >= 11 is 0. The summed E-state index contributed by atoms with van der Waals surface area (Å²) in [6.45, 7) is 3.12. The van der Waals surface area contributed by atoms with Crippen LogP contribution in [0.2, 0.25) is 0 Å². The van der Waals surface area contributed by atoms with Crippen LogP contribution in [0.3, 0.4) is 0 Å². The number of para-hydroxylation sites is 1. The molecule has 0 aliphatic carbocycles. The van der Waals surface area contributed by atoms with E-state index in [0.717, 1.165) is 30.9 Å². The number of hydrogen-bond acceptors (Lipinski definition) is 3. The summed E-state index contributed by atoms with van der Waals surface area (Å²) in [5, 5.41) is 3.28. The zero-order valence-corrected chi connectivity index (χ0v) is 9.69. The minimum absolute atomic E-state index is 0.110. The molecular formula is C13H16N2O2. The van der Waals surface area contributed by atoms with Crippen molar-refractivity contribution < 1.29 is 9.53 Å². The summed E-state index contributed by atoms with van der Waals surface area (Å²) in [4.78, 5) is 13.8. The third-order valence-electron chi connectivity index (χ3n) is 3.32. The Hall–Kier alpha value is -1.39. The standard InChI is InChI=1S/C13H16N2O2/c16-13-7-10-3-1-2-4-12(10)15(13)9-11-8-14-5-6-17-11/h1-4,11,14H,5-9H2. The number of anilines is 1. The van der Waals surface area contributed by atoms with E-state index >= 15 is 0 Å². The van der Waals surface area contributed by atoms with Crippen LogP contribution in [0.4, 0.5) is 5.69 Å². The number of nitrogens with one attached hydrogen (secondary N) is 1. The Kier molecular flexibility index (Phi) is 2.82. The van der Waals surface area contributed by atoms with Gasteiger partial charge in [0.1, 0.15) is 0 Å². The number of nitrogens with zero attached hydrogens (tertiary/aromatic N) is 1. The average Bonchev–Trinajstić information content (AvgIpc) is 2.68. The number of ether oxygens (including phenoxy) is 1. The van der Waals surface area contributed by atoms with Crippen molar-refractivity contribution in [3.63, 3.8) is 0 Å². The van der Waals surface area contributed by atoms with Gasteiger partial charge in [0.15, 0.2) is 0 Å². The van der Waals surface area contributed by atoms with Crippen LogP contribution < -0.4 is 10.2 Å². The fraction of sp³-hybridized carbons (Fsp3) is 0.462. The van der Waals surface area contributed by atoms with Gasteiger partial charge in [-0.1, -0.05) is 18.2 Å². The molecule has 1 unspecified atom stereocenters. The van der Waals surface area contributed by atoms with Gasteiger partial charge in [0.25, 0.3) is 0 Å². The third-order valence-corrected chi connectivity index (χ3v) is 3.32. The zero-order chi connectivity index (χ0) is 11.7.